The molecule has 2 aromatic rings. The van der Waals surface area contributed by atoms with Gasteiger partial charge in [0.25, 0.3) is 0 Å². The summed E-state index contributed by atoms with van der Waals surface area (Å²) in [5, 5.41) is 12.1. The van der Waals surface area contributed by atoms with E-state index in [1.165, 1.54) is 25.3 Å². The Balaban J connectivity index is 1.34. The van der Waals surface area contributed by atoms with Crippen molar-refractivity contribution in [2.24, 2.45) is 5.92 Å². The molecule has 1 saturated heterocycles. The lowest BCUT2D eigenvalue weighted by atomic mass is 9.86. The van der Waals surface area contributed by atoms with E-state index in [-0.39, 0.29) is 11.9 Å². The predicted molar refractivity (Wildman–Crippen MR) is 122 cm³/mol. The van der Waals surface area contributed by atoms with Gasteiger partial charge in [-0.3, -0.25) is 4.79 Å². The van der Waals surface area contributed by atoms with Gasteiger partial charge in [-0.15, -0.1) is 0 Å². The van der Waals surface area contributed by atoms with Crippen molar-refractivity contribution in [2.75, 3.05) is 23.7 Å². The van der Waals surface area contributed by atoms with Crippen molar-refractivity contribution in [1.29, 1.82) is 0 Å². The minimum atomic E-state index is -0.228. The van der Waals surface area contributed by atoms with Crippen LogP contribution in [0.1, 0.15) is 38.2 Å². The van der Waals surface area contributed by atoms with Gasteiger partial charge >= 0.3 is 6.03 Å². The Bertz CT molecular complexity index is 825. The van der Waals surface area contributed by atoms with Gasteiger partial charge in [-0.25, -0.2) is 4.79 Å². The highest BCUT2D eigenvalue weighted by Crippen LogP contribution is 2.23. The van der Waals surface area contributed by atoms with Crippen LogP contribution in [-0.4, -0.2) is 31.1 Å². The molecular formula is C24H32N4O2. The monoisotopic (exact) mass is 408 g/mol. The maximum absolute atomic E-state index is 12.1. The third-order valence-corrected chi connectivity index (χ3v) is 5.43. The third kappa shape index (κ3) is 7.52. The van der Waals surface area contributed by atoms with Gasteiger partial charge < -0.3 is 21.3 Å². The molecule has 1 aliphatic heterocycles. The zero-order valence-electron chi connectivity index (χ0n) is 17.6. The van der Waals surface area contributed by atoms with E-state index in [0.717, 1.165) is 31.7 Å². The summed E-state index contributed by atoms with van der Waals surface area (Å²) in [6, 6.07) is 18.1. The van der Waals surface area contributed by atoms with Crippen molar-refractivity contribution in [2.45, 2.75) is 45.1 Å². The minimum absolute atomic E-state index is 0.140. The molecule has 4 N–H and O–H groups in total. The zero-order chi connectivity index (χ0) is 21.2. The van der Waals surface area contributed by atoms with Gasteiger partial charge in [0, 0.05) is 30.9 Å². The zero-order valence-corrected chi connectivity index (χ0v) is 17.6. The number of amides is 3. The van der Waals surface area contributed by atoms with Crippen LogP contribution in [0.25, 0.3) is 0 Å². The highest BCUT2D eigenvalue weighted by Gasteiger charge is 2.21. The highest BCUT2D eigenvalue weighted by atomic mass is 16.2. The number of piperidine rings is 1. The lowest BCUT2D eigenvalue weighted by Gasteiger charge is -2.30. The van der Waals surface area contributed by atoms with Crippen molar-refractivity contribution in [3.8, 4) is 0 Å². The number of benzene rings is 2. The van der Waals surface area contributed by atoms with Crippen LogP contribution in [0.3, 0.4) is 0 Å². The molecule has 3 amide bonds. The van der Waals surface area contributed by atoms with Crippen molar-refractivity contribution < 1.29 is 9.59 Å². The molecule has 2 atom stereocenters. The van der Waals surface area contributed by atoms with E-state index in [2.05, 4.69) is 51.6 Å². The lowest BCUT2D eigenvalue weighted by Crippen LogP contribution is -2.39. The number of urea groups is 1. The average Bonchev–Trinajstić information content (AvgIpc) is 2.72. The molecule has 0 aliphatic carbocycles. The number of rotatable bonds is 8. The Morgan fingerprint density at radius 2 is 1.80 bits per heavy atom. The number of carbonyl (C=O) groups is 2. The van der Waals surface area contributed by atoms with Crippen LogP contribution in [0.5, 0.6) is 0 Å². The molecule has 0 aromatic heterocycles. The summed E-state index contributed by atoms with van der Waals surface area (Å²) in [6.07, 6.45) is 5.57. The van der Waals surface area contributed by atoms with Crippen LogP contribution in [0.15, 0.2) is 54.6 Å². The van der Waals surface area contributed by atoms with E-state index in [9.17, 15) is 9.59 Å². The quantitative estimate of drug-likeness (QED) is 0.495. The Morgan fingerprint density at radius 3 is 2.57 bits per heavy atom. The molecule has 3 rings (SSSR count). The number of hydrogen-bond acceptors (Lipinski definition) is 3. The Hall–Kier alpha value is -2.86. The predicted octanol–water partition coefficient (Wildman–Crippen LogP) is 4.16. The van der Waals surface area contributed by atoms with Crippen molar-refractivity contribution >= 4 is 23.3 Å². The molecular weight excluding hydrogens is 376 g/mol. The van der Waals surface area contributed by atoms with Gasteiger partial charge in [0.15, 0.2) is 0 Å². The molecule has 1 aliphatic rings. The minimum Gasteiger partial charge on any atom is -0.338 e. The number of nitrogens with one attached hydrogen (secondary N) is 4. The summed E-state index contributed by atoms with van der Waals surface area (Å²) in [7, 11) is 0. The van der Waals surface area contributed by atoms with Crippen LogP contribution in [-0.2, 0) is 11.2 Å². The first-order valence-electron chi connectivity index (χ1n) is 10.8. The second kappa shape index (κ2) is 11.4. The summed E-state index contributed by atoms with van der Waals surface area (Å²) in [5.74, 6) is 0.588. The molecule has 30 heavy (non-hydrogen) atoms. The lowest BCUT2D eigenvalue weighted by molar-refractivity contribution is -0.114. The maximum Gasteiger partial charge on any atom is 0.319 e. The maximum atomic E-state index is 12.1. The van der Waals surface area contributed by atoms with Gasteiger partial charge in [0.1, 0.15) is 0 Å². The second-order valence-corrected chi connectivity index (χ2v) is 8.02. The number of hydrogen-bond donors (Lipinski definition) is 4. The smallest absolute Gasteiger partial charge is 0.319 e. The van der Waals surface area contributed by atoms with Crippen LogP contribution in [0.4, 0.5) is 16.2 Å². The fraction of sp³-hybridized carbons (Fsp3) is 0.417. The topological polar surface area (TPSA) is 82.3 Å². The van der Waals surface area contributed by atoms with E-state index in [0.29, 0.717) is 24.0 Å². The van der Waals surface area contributed by atoms with Crippen LogP contribution >= 0.6 is 0 Å². The van der Waals surface area contributed by atoms with E-state index in [1.54, 1.807) is 24.3 Å². The van der Waals surface area contributed by atoms with Crippen LogP contribution < -0.4 is 21.3 Å². The van der Waals surface area contributed by atoms with Crippen molar-refractivity contribution in [3.05, 3.63) is 60.2 Å². The Labute approximate surface area is 178 Å². The van der Waals surface area contributed by atoms with E-state index in [4.69, 9.17) is 0 Å². The summed E-state index contributed by atoms with van der Waals surface area (Å²) in [4.78, 5) is 23.3. The van der Waals surface area contributed by atoms with Gasteiger partial charge in [-0.2, -0.15) is 0 Å². The van der Waals surface area contributed by atoms with E-state index in [1.807, 2.05) is 0 Å². The fourth-order valence-corrected chi connectivity index (χ4v) is 4.05. The van der Waals surface area contributed by atoms with Crippen molar-refractivity contribution in [3.63, 3.8) is 0 Å². The first-order chi connectivity index (χ1) is 14.6. The average molecular weight is 409 g/mol. The van der Waals surface area contributed by atoms with E-state index >= 15 is 0 Å². The van der Waals surface area contributed by atoms with E-state index < -0.39 is 0 Å². The summed E-state index contributed by atoms with van der Waals surface area (Å²) in [5.41, 5.74) is 2.73. The first-order valence-corrected chi connectivity index (χ1v) is 10.8. The first kappa shape index (κ1) is 21.8. The normalized spacial score (nSPS) is 18.4. The number of carbonyl (C=O) groups excluding carboxylic acids is 2. The SMILES string of the molecule is CC(=O)Nc1cccc(NC(=O)NCCC[C@H]2C[C@H](Cc3ccccc3)CCN2)c1. The summed E-state index contributed by atoms with van der Waals surface area (Å²) in [6.45, 7) is 3.16. The largest absolute Gasteiger partial charge is 0.338 e. The fourth-order valence-electron chi connectivity index (χ4n) is 4.05. The highest BCUT2D eigenvalue weighted by molar-refractivity contribution is 5.92. The number of anilines is 2. The molecule has 0 unspecified atom stereocenters. The third-order valence-electron chi connectivity index (χ3n) is 5.43. The molecule has 1 fully saturated rings. The molecule has 1 heterocycles. The molecule has 2 aromatic carbocycles. The van der Waals surface area contributed by atoms with Gasteiger partial charge in [0.2, 0.25) is 5.91 Å². The summed E-state index contributed by atoms with van der Waals surface area (Å²) < 4.78 is 0. The molecule has 0 saturated carbocycles. The molecule has 0 radical (unpaired) electrons. The van der Waals surface area contributed by atoms with Gasteiger partial charge in [-0.1, -0.05) is 36.4 Å². The van der Waals surface area contributed by atoms with Crippen LogP contribution in [0, 0.1) is 5.92 Å². The molecule has 0 bridgehead atoms. The molecule has 0 spiro atoms. The van der Waals surface area contributed by atoms with Gasteiger partial charge in [0.05, 0.1) is 0 Å². The Morgan fingerprint density at radius 1 is 1.03 bits per heavy atom. The summed E-state index contributed by atoms with van der Waals surface area (Å²) >= 11 is 0. The molecule has 6 heteroatoms. The standard InChI is InChI=1S/C24H32N4O2/c1-18(29)27-22-9-5-10-23(17-22)28-24(30)26-13-6-11-21-16-20(12-14-25-21)15-19-7-3-2-4-8-19/h2-5,7-10,17,20-21,25H,6,11-16H2,1H3,(H,27,29)(H2,26,28,30)/t20-,21-/m0/s1. The van der Waals surface area contributed by atoms with Crippen LogP contribution in [0.2, 0.25) is 0 Å². The van der Waals surface area contributed by atoms with Crippen molar-refractivity contribution in [1.82, 2.24) is 10.6 Å². The second-order valence-electron chi connectivity index (χ2n) is 8.02. The Kier molecular flexibility index (Phi) is 8.27. The molecule has 160 valence electrons. The van der Waals surface area contributed by atoms with Gasteiger partial charge in [-0.05, 0) is 68.3 Å². The molecule has 6 nitrogen and oxygen atoms in total.